The minimum Gasteiger partial charge on any atom is -0.208 e. The maximum atomic E-state index is 5.42. The standard InChI is InChI=1S/C63H47N3/c1-3-13-41(14-4-1)43-23-27-45(28-24-43)60-64-61(46-29-25-44(26-30-46)42-15-5-2-6-16-42)66-62(65-60)59-54-20-9-7-18-52(54)58(53-19-8-10-21-55(53)59)47-31-32-51-50-17-11-12-22-56(50)63(57(51)38-47)48-34-39-33-40(36-48)37-49(63)35-39/h1-32,38-40,48-49H,33-37H2. The summed E-state index contributed by atoms with van der Waals surface area (Å²) in [6, 6.07) is 73.2. The molecule has 5 aliphatic carbocycles. The van der Waals surface area contributed by atoms with Crippen molar-refractivity contribution in [2.24, 2.45) is 23.7 Å². The van der Waals surface area contributed by atoms with Crippen molar-refractivity contribution in [3.63, 3.8) is 0 Å². The largest absolute Gasteiger partial charge is 0.208 e. The van der Waals surface area contributed by atoms with Crippen LogP contribution in [-0.4, -0.2) is 15.0 Å². The van der Waals surface area contributed by atoms with Crippen molar-refractivity contribution in [3.05, 3.63) is 211 Å². The van der Waals surface area contributed by atoms with E-state index in [9.17, 15) is 0 Å². The Hall–Kier alpha value is -7.49. The summed E-state index contributed by atoms with van der Waals surface area (Å²) in [4.78, 5) is 16.1. The molecule has 9 aromatic carbocycles. The molecule has 1 aromatic heterocycles. The number of nitrogens with zero attached hydrogens (tertiary/aromatic N) is 3. The summed E-state index contributed by atoms with van der Waals surface area (Å²) in [5.41, 5.74) is 16.4. The molecule has 1 heterocycles. The molecule has 0 atom stereocenters. The topological polar surface area (TPSA) is 38.7 Å². The van der Waals surface area contributed by atoms with Gasteiger partial charge >= 0.3 is 0 Å². The molecule has 0 unspecified atom stereocenters. The Morgan fingerprint density at radius 1 is 0.303 bits per heavy atom. The maximum absolute atomic E-state index is 5.42. The van der Waals surface area contributed by atoms with Crippen LogP contribution in [0.15, 0.2) is 200 Å². The lowest BCUT2D eigenvalue weighted by molar-refractivity contribution is -0.0399. The molecule has 3 heteroatoms. The second-order valence-electron chi connectivity index (χ2n) is 19.5. The van der Waals surface area contributed by atoms with Crippen LogP contribution in [0.5, 0.6) is 0 Å². The lowest BCUT2D eigenvalue weighted by Gasteiger charge is -2.61. The Morgan fingerprint density at radius 2 is 0.697 bits per heavy atom. The molecule has 4 saturated carbocycles. The Labute approximate surface area is 385 Å². The quantitative estimate of drug-likeness (QED) is 0.157. The van der Waals surface area contributed by atoms with Gasteiger partial charge in [-0.15, -0.1) is 0 Å². The Kier molecular flexibility index (Phi) is 8.47. The molecule has 15 rings (SSSR count). The van der Waals surface area contributed by atoms with Crippen LogP contribution in [0.25, 0.3) is 100 Å². The van der Waals surface area contributed by atoms with Crippen molar-refractivity contribution in [1.29, 1.82) is 0 Å². The zero-order valence-electron chi connectivity index (χ0n) is 36.7. The molecule has 1 spiro atoms. The van der Waals surface area contributed by atoms with Crippen LogP contribution in [0.2, 0.25) is 0 Å². The van der Waals surface area contributed by atoms with E-state index >= 15 is 0 Å². The molecular weight excluding hydrogens is 799 g/mol. The zero-order chi connectivity index (χ0) is 43.3. The summed E-state index contributed by atoms with van der Waals surface area (Å²) in [6.07, 6.45) is 6.93. The van der Waals surface area contributed by atoms with E-state index in [0.29, 0.717) is 29.3 Å². The van der Waals surface area contributed by atoms with E-state index in [-0.39, 0.29) is 5.41 Å². The first-order valence-electron chi connectivity index (χ1n) is 23.9. The fraction of sp³-hybridized carbons (Fsp3) is 0.159. The van der Waals surface area contributed by atoms with E-state index in [0.717, 1.165) is 50.4 Å². The Balaban J connectivity index is 0.965. The van der Waals surface area contributed by atoms with Gasteiger partial charge in [0.25, 0.3) is 0 Å². The third-order valence-electron chi connectivity index (χ3n) is 16.1. The van der Waals surface area contributed by atoms with Crippen LogP contribution >= 0.6 is 0 Å². The third kappa shape index (κ3) is 5.72. The highest BCUT2D eigenvalue weighted by Gasteiger charge is 2.61. The van der Waals surface area contributed by atoms with E-state index in [4.69, 9.17) is 15.0 Å². The molecule has 0 saturated heterocycles. The summed E-state index contributed by atoms with van der Waals surface area (Å²) >= 11 is 0. The van der Waals surface area contributed by atoms with Gasteiger partial charge in [0.1, 0.15) is 0 Å². The number of hydrogen-bond acceptors (Lipinski definition) is 3. The summed E-state index contributed by atoms with van der Waals surface area (Å²) < 4.78 is 0. The Bertz CT molecular complexity index is 3330. The molecule has 0 radical (unpaired) electrons. The second kappa shape index (κ2) is 14.8. The van der Waals surface area contributed by atoms with Crippen LogP contribution < -0.4 is 0 Å². The summed E-state index contributed by atoms with van der Waals surface area (Å²) in [6.45, 7) is 0. The van der Waals surface area contributed by atoms with Crippen molar-refractivity contribution in [2.75, 3.05) is 0 Å². The lowest BCUT2D eigenvalue weighted by atomic mass is 9.43. The Morgan fingerprint density at radius 3 is 1.23 bits per heavy atom. The van der Waals surface area contributed by atoms with Gasteiger partial charge in [0.2, 0.25) is 0 Å². The predicted molar refractivity (Wildman–Crippen MR) is 271 cm³/mol. The monoisotopic (exact) mass is 845 g/mol. The minimum atomic E-state index is 0.0944. The SMILES string of the molecule is c1ccc(-c2ccc(-c3nc(-c4ccc(-c5ccccc5)cc4)nc(-c4c5ccccc5c(-c5ccc6c(c5)C5(c7ccccc7-6)C6CC7CC(C6)CC5C7)c5ccccc45)n3)cc2)cc1. The fourth-order valence-corrected chi connectivity index (χ4v) is 13.6. The minimum absolute atomic E-state index is 0.0944. The van der Waals surface area contributed by atoms with Crippen LogP contribution in [0.1, 0.15) is 43.2 Å². The van der Waals surface area contributed by atoms with Crippen molar-refractivity contribution in [3.8, 4) is 78.7 Å². The lowest BCUT2D eigenvalue weighted by Crippen LogP contribution is -2.55. The van der Waals surface area contributed by atoms with E-state index in [1.807, 2.05) is 0 Å². The van der Waals surface area contributed by atoms with Gasteiger partial charge in [-0.2, -0.15) is 0 Å². The summed E-state index contributed by atoms with van der Waals surface area (Å²) in [5.74, 6) is 5.19. The van der Waals surface area contributed by atoms with E-state index < -0.39 is 0 Å². The highest BCUT2D eigenvalue weighted by molar-refractivity contribution is 6.21. The molecule has 4 fully saturated rings. The number of hydrogen-bond donors (Lipinski definition) is 0. The number of aromatic nitrogens is 3. The van der Waals surface area contributed by atoms with Gasteiger partial charge in [0, 0.05) is 22.1 Å². The molecular formula is C63H47N3. The average molecular weight is 846 g/mol. The van der Waals surface area contributed by atoms with E-state index in [2.05, 4.69) is 200 Å². The summed E-state index contributed by atoms with van der Waals surface area (Å²) in [7, 11) is 0. The number of fused-ring (bicyclic) bond motifs is 5. The molecule has 4 bridgehead atoms. The van der Waals surface area contributed by atoms with Gasteiger partial charge in [0.15, 0.2) is 17.5 Å². The first-order valence-corrected chi connectivity index (χ1v) is 23.9. The molecule has 66 heavy (non-hydrogen) atoms. The highest BCUT2D eigenvalue weighted by atomic mass is 15.0. The van der Waals surface area contributed by atoms with Crippen LogP contribution in [-0.2, 0) is 5.41 Å². The molecule has 314 valence electrons. The van der Waals surface area contributed by atoms with Gasteiger partial charge in [-0.3, -0.25) is 0 Å². The van der Waals surface area contributed by atoms with E-state index in [1.54, 1.807) is 11.1 Å². The third-order valence-corrected chi connectivity index (χ3v) is 16.1. The van der Waals surface area contributed by atoms with E-state index in [1.165, 1.54) is 76.3 Å². The van der Waals surface area contributed by atoms with Crippen molar-refractivity contribution in [2.45, 2.75) is 37.5 Å². The van der Waals surface area contributed by atoms with Crippen LogP contribution in [0, 0.1) is 23.7 Å². The van der Waals surface area contributed by atoms with Gasteiger partial charge < -0.3 is 0 Å². The molecule has 10 aromatic rings. The maximum Gasteiger partial charge on any atom is 0.165 e. The second-order valence-corrected chi connectivity index (χ2v) is 19.5. The summed E-state index contributed by atoms with van der Waals surface area (Å²) in [5, 5.41) is 4.70. The average Bonchev–Trinajstić information content (AvgIpc) is 3.67. The number of benzene rings is 9. The molecule has 5 aliphatic rings. The molecule has 0 N–H and O–H groups in total. The highest BCUT2D eigenvalue weighted by Crippen LogP contribution is 2.69. The zero-order valence-corrected chi connectivity index (χ0v) is 36.7. The van der Waals surface area contributed by atoms with Gasteiger partial charge in [-0.1, -0.05) is 194 Å². The van der Waals surface area contributed by atoms with Crippen molar-refractivity contribution >= 4 is 21.5 Å². The predicted octanol–water partition coefficient (Wildman–Crippen LogP) is 15.9. The van der Waals surface area contributed by atoms with Gasteiger partial charge in [-0.05, 0) is 139 Å². The smallest absolute Gasteiger partial charge is 0.165 e. The first-order chi connectivity index (χ1) is 32.7. The van der Waals surface area contributed by atoms with Crippen molar-refractivity contribution in [1.82, 2.24) is 15.0 Å². The molecule has 0 aliphatic heterocycles. The first kappa shape index (κ1) is 37.8. The fourth-order valence-electron chi connectivity index (χ4n) is 13.6. The van der Waals surface area contributed by atoms with Crippen LogP contribution in [0.4, 0.5) is 0 Å². The van der Waals surface area contributed by atoms with Gasteiger partial charge in [-0.25, -0.2) is 15.0 Å². The molecule has 3 nitrogen and oxygen atoms in total. The van der Waals surface area contributed by atoms with Crippen LogP contribution in [0.3, 0.4) is 0 Å². The van der Waals surface area contributed by atoms with Crippen molar-refractivity contribution < 1.29 is 0 Å². The normalized spacial score (nSPS) is 21.1. The number of rotatable bonds is 6. The molecule has 0 amide bonds. The van der Waals surface area contributed by atoms with Gasteiger partial charge in [0.05, 0.1) is 0 Å².